The Balaban J connectivity index is 2.71. The Morgan fingerprint density at radius 3 is 2.58 bits per heavy atom. The molecule has 19 heavy (non-hydrogen) atoms. The van der Waals surface area contributed by atoms with Crippen LogP contribution in [-0.2, 0) is 9.84 Å². The molecule has 1 heterocycles. The molecular weight excluding hydrogens is 262 g/mol. The van der Waals surface area contributed by atoms with Crippen LogP contribution >= 0.6 is 0 Å². The van der Waals surface area contributed by atoms with Crippen LogP contribution in [0, 0.1) is 0 Å². The SMILES string of the molecule is CCNC(CCS(C)(=O)=O)C1CN(C)CCCN1C. The highest BCUT2D eigenvalue weighted by Crippen LogP contribution is 2.13. The van der Waals surface area contributed by atoms with E-state index in [4.69, 9.17) is 0 Å². The predicted octanol–water partition coefficient (Wildman–Crippen LogP) is 0.0351. The zero-order valence-electron chi connectivity index (χ0n) is 12.7. The quantitative estimate of drug-likeness (QED) is 0.748. The molecule has 1 rings (SSSR count). The largest absolute Gasteiger partial charge is 0.313 e. The van der Waals surface area contributed by atoms with E-state index in [0.29, 0.717) is 12.5 Å². The number of likely N-dealkylation sites (N-methyl/N-ethyl adjacent to an activating group) is 3. The number of nitrogens with one attached hydrogen (secondary N) is 1. The Morgan fingerprint density at radius 1 is 1.32 bits per heavy atom. The molecule has 0 aromatic heterocycles. The topological polar surface area (TPSA) is 52.7 Å². The molecule has 0 saturated carbocycles. The third-order valence-corrected chi connectivity index (χ3v) is 4.82. The van der Waals surface area contributed by atoms with E-state index in [1.165, 1.54) is 12.7 Å². The molecule has 1 fully saturated rings. The van der Waals surface area contributed by atoms with Crippen LogP contribution in [0.4, 0.5) is 0 Å². The zero-order valence-corrected chi connectivity index (χ0v) is 13.5. The second-order valence-electron chi connectivity index (χ2n) is 5.75. The van der Waals surface area contributed by atoms with Gasteiger partial charge in [0.25, 0.3) is 0 Å². The Hall–Kier alpha value is -0.170. The van der Waals surface area contributed by atoms with E-state index in [1.807, 2.05) is 0 Å². The molecule has 0 bridgehead atoms. The van der Waals surface area contributed by atoms with Crippen molar-refractivity contribution in [2.45, 2.75) is 31.8 Å². The summed E-state index contributed by atoms with van der Waals surface area (Å²) in [6, 6.07) is 0.625. The molecule has 0 aliphatic carbocycles. The maximum atomic E-state index is 11.4. The minimum absolute atomic E-state index is 0.241. The van der Waals surface area contributed by atoms with E-state index in [1.54, 1.807) is 0 Å². The standard InChI is InChI=1S/C13H29N3O2S/c1-5-14-12(7-10-19(4,17)18)13-11-15(2)8-6-9-16(13)3/h12-14H,5-11H2,1-4H3. The molecule has 1 aliphatic heterocycles. The van der Waals surface area contributed by atoms with Crippen molar-refractivity contribution >= 4 is 9.84 Å². The van der Waals surface area contributed by atoms with Gasteiger partial charge in [-0.2, -0.15) is 0 Å². The molecule has 6 heteroatoms. The fourth-order valence-electron chi connectivity index (χ4n) is 2.77. The first kappa shape index (κ1) is 16.9. The van der Waals surface area contributed by atoms with Gasteiger partial charge in [-0.15, -0.1) is 0 Å². The number of sulfone groups is 1. The van der Waals surface area contributed by atoms with Gasteiger partial charge in [0.05, 0.1) is 5.75 Å². The van der Waals surface area contributed by atoms with Crippen LogP contribution in [0.15, 0.2) is 0 Å². The Bertz CT molecular complexity index is 359. The summed E-state index contributed by atoms with van der Waals surface area (Å²) < 4.78 is 22.8. The second-order valence-corrected chi connectivity index (χ2v) is 8.01. The summed E-state index contributed by atoms with van der Waals surface area (Å²) in [6.45, 7) is 6.15. The first-order valence-electron chi connectivity index (χ1n) is 7.13. The Kier molecular flexibility index (Phi) is 6.73. The lowest BCUT2D eigenvalue weighted by Crippen LogP contribution is -2.52. The Labute approximate surface area is 118 Å². The molecule has 2 unspecified atom stereocenters. The molecule has 1 N–H and O–H groups in total. The van der Waals surface area contributed by atoms with Crippen molar-refractivity contribution < 1.29 is 8.42 Å². The number of hydrogen-bond donors (Lipinski definition) is 1. The summed E-state index contributed by atoms with van der Waals surface area (Å²) in [5.41, 5.74) is 0. The smallest absolute Gasteiger partial charge is 0.147 e. The van der Waals surface area contributed by atoms with Gasteiger partial charge in [-0.1, -0.05) is 6.92 Å². The van der Waals surface area contributed by atoms with E-state index in [0.717, 1.165) is 26.2 Å². The fraction of sp³-hybridized carbons (Fsp3) is 1.00. The summed E-state index contributed by atoms with van der Waals surface area (Å²) in [4.78, 5) is 4.72. The first-order chi connectivity index (χ1) is 8.83. The lowest BCUT2D eigenvalue weighted by atomic mass is 10.0. The molecule has 5 nitrogen and oxygen atoms in total. The van der Waals surface area contributed by atoms with Crippen molar-refractivity contribution in [1.29, 1.82) is 0 Å². The van der Waals surface area contributed by atoms with Gasteiger partial charge in [0.1, 0.15) is 9.84 Å². The number of hydrogen-bond acceptors (Lipinski definition) is 5. The average molecular weight is 291 g/mol. The maximum absolute atomic E-state index is 11.4. The highest BCUT2D eigenvalue weighted by molar-refractivity contribution is 7.90. The zero-order chi connectivity index (χ0) is 14.5. The molecule has 114 valence electrons. The maximum Gasteiger partial charge on any atom is 0.147 e. The molecular formula is C13H29N3O2S. The highest BCUT2D eigenvalue weighted by Gasteiger charge is 2.28. The molecule has 1 saturated heterocycles. The van der Waals surface area contributed by atoms with Crippen molar-refractivity contribution in [3.05, 3.63) is 0 Å². The van der Waals surface area contributed by atoms with Gasteiger partial charge >= 0.3 is 0 Å². The summed E-state index contributed by atoms with van der Waals surface area (Å²) >= 11 is 0. The van der Waals surface area contributed by atoms with Crippen molar-refractivity contribution in [2.24, 2.45) is 0 Å². The lowest BCUT2D eigenvalue weighted by molar-refractivity contribution is 0.176. The van der Waals surface area contributed by atoms with Gasteiger partial charge in [0.15, 0.2) is 0 Å². The van der Waals surface area contributed by atoms with Crippen LogP contribution in [0.1, 0.15) is 19.8 Å². The molecule has 0 spiro atoms. The van der Waals surface area contributed by atoms with Gasteiger partial charge in [-0.3, -0.25) is 0 Å². The van der Waals surface area contributed by atoms with Gasteiger partial charge in [-0.05, 0) is 46.6 Å². The average Bonchev–Trinajstić information content (AvgIpc) is 2.45. The summed E-state index contributed by atoms with van der Waals surface area (Å²) in [6.07, 6.45) is 3.18. The van der Waals surface area contributed by atoms with E-state index in [-0.39, 0.29) is 11.8 Å². The van der Waals surface area contributed by atoms with Crippen molar-refractivity contribution in [2.75, 3.05) is 52.3 Å². The van der Waals surface area contributed by atoms with Crippen LogP contribution in [0.2, 0.25) is 0 Å². The van der Waals surface area contributed by atoms with Crippen LogP contribution in [-0.4, -0.2) is 82.6 Å². The molecule has 0 aromatic carbocycles. The fourth-order valence-corrected chi connectivity index (χ4v) is 3.46. The normalized spacial score (nSPS) is 25.2. The van der Waals surface area contributed by atoms with Gasteiger partial charge in [0, 0.05) is 24.9 Å². The Morgan fingerprint density at radius 2 is 2.00 bits per heavy atom. The third-order valence-electron chi connectivity index (χ3n) is 3.85. The van der Waals surface area contributed by atoms with Crippen LogP contribution in [0.3, 0.4) is 0 Å². The minimum Gasteiger partial charge on any atom is -0.313 e. The predicted molar refractivity (Wildman–Crippen MR) is 80.3 cm³/mol. The number of nitrogens with zero attached hydrogens (tertiary/aromatic N) is 2. The molecule has 0 aromatic rings. The second kappa shape index (κ2) is 7.57. The third kappa shape index (κ3) is 6.21. The van der Waals surface area contributed by atoms with Gasteiger partial charge in [0.2, 0.25) is 0 Å². The summed E-state index contributed by atoms with van der Waals surface area (Å²) in [5.74, 6) is 0.263. The molecule has 1 aliphatic rings. The van der Waals surface area contributed by atoms with E-state index in [2.05, 4.69) is 36.1 Å². The van der Waals surface area contributed by atoms with E-state index < -0.39 is 9.84 Å². The summed E-state index contributed by atoms with van der Waals surface area (Å²) in [5, 5.41) is 3.47. The number of rotatable bonds is 6. The van der Waals surface area contributed by atoms with E-state index >= 15 is 0 Å². The minimum atomic E-state index is -2.89. The van der Waals surface area contributed by atoms with Crippen LogP contribution in [0.5, 0.6) is 0 Å². The monoisotopic (exact) mass is 291 g/mol. The molecule has 0 radical (unpaired) electrons. The molecule has 2 atom stereocenters. The van der Waals surface area contributed by atoms with Crippen molar-refractivity contribution in [3.63, 3.8) is 0 Å². The lowest BCUT2D eigenvalue weighted by Gasteiger charge is -2.35. The van der Waals surface area contributed by atoms with Crippen molar-refractivity contribution in [3.8, 4) is 0 Å². The van der Waals surface area contributed by atoms with Crippen LogP contribution < -0.4 is 5.32 Å². The van der Waals surface area contributed by atoms with Crippen molar-refractivity contribution in [1.82, 2.24) is 15.1 Å². The van der Waals surface area contributed by atoms with Gasteiger partial charge in [-0.25, -0.2) is 8.42 Å². The molecule has 0 amide bonds. The highest BCUT2D eigenvalue weighted by atomic mass is 32.2. The summed E-state index contributed by atoms with van der Waals surface area (Å²) in [7, 11) is 1.40. The van der Waals surface area contributed by atoms with Crippen LogP contribution in [0.25, 0.3) is 0 Å². The van der Waals surface area contributed by atoms with E-state index in [9.17, 15) is 8.42 Å². The van der Waals surface area contributed by atoms with Gasteiger partial charge < -0.3 is 15.1 Å². The first-order valence-corrected chi connectivity index (χ1v) is 9.19.